The maximum Gasteiger partial charge on any atom is 0.253 e. The van der Waals surface area contributed by atoms with Gasteiger partial charge in [-0.3, -0.25) is 9.69 Å². The number of piperazine rings is 1. The Morgan fingerprint density at radius 2 is 1.96 bits per heavy atom. The summed E-state index contributed by atoms with van der Waals surface area (Å²) >= 11 is 0. The van der Waals surface area contributed by atoms with E-state index in [1.807, 2.05) is 29.2 Å². The van der Waals surface area contributed by atoms with Crippen LogP contribution in [0.25, 0.3) is 11.4 Å². The molecule has 2 fully saturated rings. The number of hydrogen-bond donors (Lipinski definition) is 1. The molecule has 24 heavy (non-hydrogen) atoms. The van der Waals surface area contributed by atoms with E-state index in [-0.39, 0.29) is 5.91 Å². The minimum absolute atomic E-state index is 0.104. The minimum atomic E-state index is 0.104. The fourth-order valence-electron chi connectivity index (χ4n) is 3.51. The third-order valence-electron chi connectivity index (χ3n) is 4.87. The van der Waals surface area contributed by atoms with E-state index >= 15 is 0 Å². The zero-order valence-electron chi connectivity index (χ0n) is 13.5. The third kappa shape index (κ3) is 3.05. The van der Waals surface area contributed by atoms with Gasteiger partial charge in [-0.25, -0.2) is 0 Å². The molecule has 1 amide bonds. The monoisotopic (exact) mass is 327 g/mol. The van der Waals surface area contributed by atoms with Crippen molar-refractivity contribution in [1.82, 2.24) is 25.3 Å². The quantitative estimate of drug-likeness (QED) is 0.901. The molecule has 0 bridgehead atoms. The number of amides is 1. The summed E-state index contributed by atoms with van der Waals surface area (Å²) in [6.45, 7) is 5.90. The molecule has 2 aromatic rings. The number of carbonyl (C=O) groups excluding carboxylic acids is 1. The minimum Gasteiger partial charge on any atom is -0.342 e. The van der Waals surface area contributed by atoms with Gasteiger partial charge in [0.1, 0.15) is 0 Å². The lowest BCUT2D eigenvalue weighted by Crippen LogP contribution is -2.49. The van der Waals surface area contributed by atoms with Gasteiger partial charge in [-0.05, 0) is 18.6 Å². The Bertz CT molecular complexity index is 680. The summed E-state index contributed by atoms with van der Waals surface area (Å²) < 4.78 is 4.75. The van der Waals surface area contributed by atoms with E-state index < -0.39 is 0 Å². The zero-order chi connectivity index (χ0) is 16.4. The molecule has 1 unspecified atom stereocenters. The number of carbonyl (C=O) groups is 1. The van der Waals surface area contributed by atoms with Crippen LogP contribution in [0.4, 0.5) is 0 Å². The number of benzene rings is 1. The number of aromatic nitrogens is 2. The number of hydrogen-bond acceptors (Lipinski definition) is 6. The number of likely N-dealkylation sites (tertiary alicyclic amines) is 1. The van der Waals surface area contributed by atoms with Gasteiger partial charge >= 0.3 is 0 Å². The highest BCUT2D eigenvalue weighted by Crippen LogP contribution is 2.20. The van der Waals surface area contributed by atoms with Gasteiger partial charge < -0.3 is 14.7 Å². The Morgan fingerprint density at radius 1 is 1.17 bits per heavy atom. The van der Waals surface area contributed by atoms with Crippen molar-refractivity contribution in [3.8, 4) is 11.4 Å². The van der Waals surface area contributed by atoms with Gasteiger partial charge in [0.25, 0.3) is 5.91 Å². The Labute approximate surface area is 140 Å². The van der Waals surface area contributed by atoms with Crippen molar-refractivity contribution in [2.24, 2.45) is 0 Å². The molecular formula is C17H21N5O2. The zero-order valence-corrected chi connectivity index (χ0v) is 13.5. The van der Waals surface area contributed by atoms with Crippen molar-refractivity contribution < 1.29 is 9.32 Å². The summed E-state index contributed by atoms with van der Waals surface area (Å²) in [5, 5.41) is 7.18. The summed E-state index contributed by atoms with van der Waals surface area (Å²) in [7, 11) is 0. The summed E-state index contributed by atoms with van der Waals surface area (Å²) in [5.74, 6) is 0.640. The van der Waals surface area contributed by atoms with Gasteiger partial charge in [0.05, 0.1) is 0 Å². The van der Waals surface area contributed by atoms with Crippen molar-refractivity contribution in [3.05, 3.63) is 36.2 Å². The molecule has 7 nitrogen and oxygen atoms in total. The van der Waals surface area contributed by atoms with Crippen molar-refractivity contribution in [2.45, 2.75) is 12.5 Å². The molecule has 2 aliphatic rings. The van der Waals surface area contributed by atoms with E-state index in [4.69, 9.17) is 4.52 Å². The molecule has 0 radical (unpaired) electrons. The van der Waals surface area contributed by atoms with E-state index in [0.29, 0.717) is 17.4 Å². The van der Waals surface area contributed by atoms with Crippen molar-refractivity contribution >= 4 is 5.91 Å². The van der Waals surface area contributed by atoms with Crippen LogP contribution in [0, 0.1) is 0 Å². The Morgan fingerprint density at radius 3 is 2.67 bits per heavy atom. The molecule has 1 atom stereocenters. The smallest absolute Gasteiger partial charge is 0.253 e. The molecule has 1 N–H and O–H groups in total. The standard InChI is InChI=1S/C17H21N5O2/c23-17(14-3-1-13(2-4-14)16-19-12-24-20-16)22-8-5-15(11-22)21-9-6-18-7-10-21/h1-4,12,15,18H,5-11H2. The maximum absolute atomic E-state index is 12.7. The highest BCUT2D eigenvalue weighted by molar-refractivity contribution is 5.94. The molecule has 0 saturated carbocycles. The lowest BCUT2D eigenvalue weighted by molar-refractivity contribution is 0.0773. The highest BCUT2D eigenvalue weighted by Gasteiger charge is 2.31. The van der Waals surface area contributed by atoms with Crippen molar-refractivity contribution in [2.75, 3.05) is 39.3 Å². The predicted molar refractivity (Wildman–Crippen MR) is 88.5 cm³/mol. The molecule has 2 aliphatic heterocycles. The molecule has 4 rings (SSSR count). The van der Waals surface area contributed by atoms with Crippen molar-refractivity contribution in [3.63, 3.8) is 0 Å². The Hall–Kier alpha value is -2.25. The van der Waals surface area contributed by atoms with Crippen LogP contribution in [0.2, 0.25) is 0 Å². The number of rotatable bonds is 3. The molecule has 1 aromatic carbocycles. The lowest BCUT2D eigenvalue weighted by Gasteiger charge is -2.32. The Kier molecular flexibility index (Phi) is 4.27. The average Bonchev–Trinajstić information content (AvgIpc) is 3.34. The molecule has 126 valence electrons. The van der Waals surface area contributed by atoms with Gasteiger partial charge in [-0.2, -0.15) is 4.98 Å². The molecular weight excluding hydrogens is 306 g/mol. The first-order valence-electron chi connectivity index (χ1n) is 8.42. The van der Waals surface area contributed by atoms with E-state index in [1.54, 1.807) is 0 Å². The van der Waals surface area contributed by atoms with Crippen LogP contribution in [-0.2, 0) is 0 Å². The number of nitrogens with one attached hydrogen (secondary N) is 1. The maximum atomic E-state index is 12.7. The number of nitrogens with zero attached hydrogens (tertiary/aromatic N) is 4. The largest absolute Gasteiger partial charge is 0.342 e. The molecule has 1 aromatic heterocycles. The van der Waals surface area contributed by atoms with Crippen LogP contribution in [0.3, 0.4) is 0 Å². The topological polar surface area (TPSA) is 74.5 Å². The third-order valence-corrected chi connectivity index (χ3v) is 4.87. The summed E-state index contributed by atoms with van der Waals surface area (Å²) in [5.41, 5.74) is 1.56. The Balaban J connectivity index is 1.40. The fourth-order valence-corrected chi connectivity index (χ4v) is 3.51. The molecule has 0 spiro atoms. The van der Waals surface area contributed by atoms with E-state index in [9.17, 15) is 4.79 Å². The summed E-state index contributed by atoms with van der Waals surface area (Å²) in [4.78, 5) is 21.2. The summed E-state index contributed by atoms with van der Waals surface area (Å²) in [6, 6.07) is 7.90. The van der Waals surface area contributed by atoms with Crippen LogP contribution in [0.5, 0.6) is 0 Å². The van der Waals surface area contributed by atoms with E-state index in [2.05, 4.69) is 20.4 Å². The van der Waals surface area contributed by atoms with Gasteiger partial charge in [0, 0.05) is 56.4 Å². The molecule has 2 saturated heterocycles. The fraction of sp³-hybridized carbons (Fsp3) is 0.471. The van der Waals surface area contributed by atoms with Crippen LogP contribution >= 0.6 is 0 Å². The molecule has 7 heteroatoms. The van der Waals surface area contributed by atoms with Crippen LogP contribution in [0.15, 0.2) is 35.2 Å². The lowest BCUT2D eigenvalue weighted by atomic mass is 10.1. The second-order valence-electron chi connectivity index (χ2n) is 6.31. The first-order chi connectivity index (χ1) is 11.8. The predicted octanol–water partition coefficient (Wildman–Crippen LogP) is 0.856. The SMILES string of the molecule is O=C(c1ccc(-c2ncon2)cc1)N1CCC(N2CCNCC2)C1. The van der Waals surface area contributed by atoms with Crippen LogP contribution in [-0.4, -0.2) is 71.2 Å². The first kappa shape index (κ1) is 15.3. The van der Waals surface area contributed by atoms with Gasteiger partial charge in [-0.15, -0.1) is 0 Å². The molecule has 0 aliphatic carbocycles. The second-order valence-corrected chi connectivity index (χ2v) is 6.31. The van der Waals surface area contributed by atoms with Crippen molar-refractivity contribution in [1.29, 1.82) is 0 Å². The highest BCUT2D eigenvalue weighted by atomic mass is 16.5. The van der Waals surface area contributed by atoms with Gasteiger partial charge in [0.15, 0.2) is 0 Å². The van der Waals surface area contributed by atoms with Gasteiger partial charge in [-0.1, -0.05) is 17.3 Å². The molecule has 3 heterocycles. The summed E-state index contributed by atoms with van der Waals surface area (Å²) in [6.07, 6.45) is 2.36. The second kappa shape index (κ2) is 6.70. The van der Waals surface area contributed by atoms with Crippen LogP contribution in [0.1, 0.15) is 16.8 Å². The van der Waals surface area contributed by atoms with Crippen LogP contribution < -0.4 is 5.32 Å². The van der Waals surface area contributed by atoms with Gasteiger partial charge in [0.2, 0.25) is 12.2 Å². The van der Waals surface area contributed by atoms with E-state index in [1.165, 1.54) is 6.39 Å². The average molecular weight is 327 g/mol. The van der Waals surface area contributed by atoms with E-state index in [0.717, 1.165) is 51.3 Å². The first-order valence-corrected chi connectivity index (χ1v) is 8.42. The normalized spacial score (nSPS) is 22.0.